The van der Waals surface area contributed by atoms with Crippen LogP contribution >= 0.6 is 0 Å². The lowest BCUT2D eigenvalue weighted by atomic mass is 9.76. The van der Waals surface area contributed by atoms with Crippen LogP contribution in [-0.2, 0) is 10.8 Å². The van der Waals surface area contributed by atoms with E-state index in [-0.39, 0.29) is 22.7 Å². The summed E-state index contributed by atoms with van der Waals surface area (Å²) in [5.41, 5.74) is 0.863. The minimum absolute atomic E-state index is 0.0859. The van der Waals surface area contributed by atoms with Gasteiger partial charge in [-0.15, -0.1) is 0 Å². The van der Waals surface area contributed by atoms with Gasteiger partial charge in [0.05, 0.1) is 0 Å². The second-order valence-electron chi connectivity index (χ2n) is 6.92. The van der Waals surface area contributed by atoms with Crippen LogP contribution < -0.4 is 0 Å². The fourth-order valence-electron chi connectivity index (χ4n) is 2.46. The molecule has 0 bridgehead atoms. The van der Waals surface area contributed by atoms with Gasteiger partial charge in [-0.1, -0.05) is 41.5 Å². The molecule has 0 fully saturated rings. The van der Waals surface area contributed by atoms with E-state index in [1.54, 1.807) is 6.92 Å². The molecule has 0 aromatic heterocycles. The number of phenols is 3. The van der Waals surface area contributed by atoms with Crippen LogP contribution in [-0.4, -0.2) is 15.3 Å². The maximum Gasteiger partial charge on any atom is 0.165 e. The maximum absolute atomic E-state index is 10.5. The Balaban J connectivity index is 3.83. The largest absolute Gasteiger partial charge is 0.507 e. The van der Waals surface area contributed by atoms with E-state index in [9.17, 15) is 15.3 Å². The molecule has 0 aliphatic carbocycles. The van der Waals surface area contributed by atoms with E-state index in [1.807, 2.05) is 41.5 Å². The van der Waals surface area contributed by atoms with Crippen LogP contribution in [0.25, 0.3) is 0 Å². The van der Waals surface area contributed by atoms with Crippen molar-refractivity contribution in [2.75, 3.05) is 0 Å². The third kappa shape index (κ3) is 2.26. The van der Waals surface area contributed by atoms with Crippen LogP contribution in [0.2, 0.25) is 0 Å². The molecule has 1 aromatic rings. The van der Waals surface area contributed by atoms with Gasteiger partial charge in [0.2, 0.25) is 0 Å². The fraction of sp³-hybridized carbons (Fsp3) is 0.600. The van der Waals surface area contributed by atoms with Gasteiger partial charge in [0.15, 0.2) is 11.5 Å². The molecule has 1 rings (SSSR count). The second-order valence-corrected chi connectivity index (χ2v) is 6.92. The molecular weight excluding hydrogens is 228 g/mol. The van der Waals surface area contributed by atoms with Crippen molar-refractivity contribution in [3.8, 4) is 17.2 Å². The smallest absolute Gasteiger partial charge is 0.165 e. The zero-order valence-electron chi connectivity index (χ0n) is 12.3. The van der Waals surface area contributed by atoms with Gasteiger partial charge in [0, 0.05) is 16.7 Å². The molecule has 3 heteroatoms. The molecule has 0 atom stereocenters. The van der Waals surface area contributed by atoms with Gasteiger partial charge in [-0.2, -0.15) is 0 Å². The first-order valence-corrected chi connectivity index (χ1v) is 6.17. The Morgan fingerprint density at radius 2 is 1.00 bits per heavy atom. The molecule has 0 amide bonds. The number of hydrogen-bond acceptors (Lipinski definition) is 3. The molecule has 1 aromatic carbocycles. The number of rotatable bonds is 0. The average molecular weight is 252 g/mol. The first-order chi connectivity index (χ1) is 7.89. The normalized spacial score (nSPS) is 12.8. The maximum atomic E-state index is 10.5. The highest BCUT2D eigenvalue weighted by Gasteiger charge is 2.32. The molecule has 0 unspecified atom stereocenters. The van der Waals surface area contributed by atoms with Crippen molar-refractivity contribution < 1.29 is 15.3 Å². The fourth-order valence-corrected chi connectivity index (χ4v) is 2.46. The van der Waals surface area contributed by atoms with E-state index in [4.69, 9.17) is 0 Å². The van der Waals surface area contributed by atoms with E-state index < -0.39 is 5.41 Å². The van der Waals surface area contributed by atoms with Crippen molar-refractivity contribution in [2.24, 2.45) is 0 Å². The molecule has 3 N–H and O–H groups in total. The quantitative estimate of drug-likeness (QED) is 0.487. The van der Waals surface area contributed by atoms with E-state index >= 15 is 0 Å². The average Bonchev–Trinajstić information content (AvgIpc) is 2.09. The molecule has 0 saturated carbocycles. The SMILES string of the molecule is Cc1c(O)c(O)c(C(C)(C)C)c(O)c1C(C)(C)C. The van der Waals surface area contributed by atoms with Crippen LogP contribution in [0.15, 0.2) is 0 Å². The van der Waals surface area contributed by atoms with Crippen molar-refractivity contribution in [3.05, 3.63) is 16.7 Å². The lowest BCUT2D eigenvalue weighted by Gasteiger charge is -2.30. The van der Waals surface area contributed by atoms with Crippen molar-refractivity contribution >= 4 is 0 Å². The molecule has 0 saturated heterocycles. The lowest BCUT2D eigenvalue weighted by Crippen LogP contribution is -2.18. The third-order valence-electron chi connectivity index (χ3n) is 3.16. The van der Waals surface area contributed by atoms with E-state index in [2.05, 4.69) is 0 Å². The summed E-state index contributed by atoms with van der Waals surface area (Å²) in [5.74, 6) is -0.268. The zero-order chi connectivity index (χ0) is 14.5. The Morgan fingerprint density at radius 3 is 1.33 bits per heavy atom. The first-order valence-electron chi connectivity index (χ1n) is 6.17. The van der Waals surface area contributed by atoms with E-state index in [1.165, 1.54) is 0 Å². The Hall–Kier alpha value is -1.38. The Labute approximate surface area is 109 Å². The van der Waals surface area contributed by atoms with Gasteiger partial charge in [-0.25, -0.2) is 0 Å². The summed E-state index contributed by atoms with van der Waals surface area (Å²) >= 11 is 0. The van der Waals surface area contributed by atoms with Gasteiger partial charge >= 0.3 is 0 Å². The summed E-state index contributed by atoms with van der Waals surface area (Å²) in [5, 5.41) is 30.6. The first kappa shape index (κ1) is 14.7. The van der Waals surface area contributed by atoms with Crippen molar-refractivity contribution in [2.45, 2.75) is 59.3 Å². The van der Waals surface area contributed by atoms with Gasteiger partial charge in [-0.3, -0.25) is 0 Å². The summed E-state index contributed by atoms with van der Waals surface area (Å²) in [6, 6.07) is 0. The predicted octanol–water partition coefficient (Wildman–Crippen LogP) is 3.71. The highest BCUT2D eigenvalue weighted by atomic mass is 16.3. The molecule has 18 heavy (non-hydrogen) atoms. The van der Waals surface area contributed by atoms with Gasteiger partial charge in [0.1, 0.15) is 5.75 Å². The highest BCUT2D eigenvalue weighted by Crippen LogP contribution is 2.50. The number of aromatic hydroxyl groups is 3. The number of hydrogen-bond donors (Lipinski definition) is 3. The molecule has 0 aliphatic heterocycles. The molecular formula is C15H24O3. The van der Waals surface area contributed by atoms with E-state index in [0.29, 0.717) is 16.7 Å². The second kappa shape index (κ2) is 4.08. The molecule has 0 radical (unpaired) electrons. The van der Waals surface area contributed by atoms with Crippen molar-refractivity contribution in [3.63, 3.8) is 0 Å². The summed E-state index contributed by atoms with van der Waals surface area (Å²) < 4.78 is 0. The Morgan fingerprint density at radius 1 is 0.611 bits per heavy atom. The minimum atomic E-state index is -0.445. The molecule has 0 aliphatic rings. The van der Waals surface area contributed by atoms with Gasteiger partial charge in [-0.05, 0) is 17.8 Å². The van der Waals surface area contributed by atoms with Crippen LogP contribution in [0.5, 0.6) is 17.2 Å². The Bertz CT molecular complexity index is 433. The predicted molar refractivity (Wildman–Crippen MR) is 73.6 cm³/mol. The minimum Gasteiger partial charge on any atom is -0.507 e. The lowest BCUT2D eigenvalue weighted by molar-refractivity contribution is 0.362. The summed E-state index contributed by atoms with van der Waals surface area (Å²) in [6.07, 6.45) is 0. The standard InChI is InChI=1S/C15H24O3/c1-8-9(14(2,3)4)12(17)10(15(5,6)7)13(18)11(8)16/h16-18H,1-7H3. The topological polar surface area (TPSA) is 60.7 Å². The number of phenolic OH excluding ortho intramolecular Hbond substituents is 3. The third-order valence-corrected chi connectivity index (χ3v) is 3.16. The summed E-state index contributed by atoms with van der Waals surface area (Å²) in [7, 11) is 0. The van der Waals surface area contributed by atoms with Crippen LogP contribution in [0.1, 0.15) is 58.2 Å². The van der Waals surface area contributed by atoms with Crippen molar-refractivity contribution in [1.82, 2.24) is 0 Å². The Kier molecular flexibility index (Phi) is 3.32. The highest BCUT2D eigenvalue weighted by molar-refractivity contribution is 5.64. The number of benzene rings is 1. The van der Waals surface area contributed by atoms with Crippen molar-refractivity contribution in [1.29, 1.82) is 0 Å². The zero-order valence-corrected chi connectivity index (χ0v) is 12.3. The van der Waals surface area contributed by atoms with Gasteiger partial charge in [0.25, 0.3) is 0 Å². The van der Waals surface area contributed by atoms with Crippen LogP contribution in [0.3, 0.4) is 0 Å². The van der Waals surface area contributed by atoms with Crippen LogP contribution in [0, 0.1) is 6.92 Å². The molecule has 102 valence electrons. The van der Waals surface area contributed by atoms with E-state index in [0.717, 1.165) is 0 Å². The summed E-state index contributed by atoms with van der Waals surface area (Å²) in [4.78, 5) is 0. The van der Waals surface area contributed by atoms with Crippen LogP contribution in [0.4, 0.5) is 0 Å². The van der Waals surface area contributed by atoms with Gasteiger partial charge < -0.3 is 15.3 Å². The monoisotopic (exact) mass is 252 g/mol. The molecule has 0 heterocycles. The molecule has 0 spiro atoms. The summed E-state index contributed by atoms with van der Waals surface area (Å²) in [6.45, 7) is 13.3. The molecule has 3 nitrogen and oxygen atoms in total.